The first-order chi connectivity index (χ1) is 12.2. The summed E-state index contributed by atoms with van der Waals surface area (Å²) in [5.74, 6) is 0.0629. The number of likely N-dealkylation sites (tertiary alicyclic amines) is 2. The molecule has 6 heteroatoms. The zero-order chi connectivity index (χ0) is 17.2. The smallest absolute Gasteiger partial charge is 0.264 e. The van der Waals surface area contributed by atoms with Crippen molar-refractivity contribution in [3.63, 3.8) is 0 Å². The number of carbonyl (C=O) groups excluding carboxylic acids is 2. The third-order valence-corrected chi connectivity index (χ3v) is 6.60. The van der Waals surface area contributed by atoms with Crippen molar-refractivity contribution in [1.82, 2.24) is 15.1 Å². The van der Waals surface area contributed by atoms with Crippen LogP contribution in [0.5, 0.6) is 0 Å². The van der Waals surface area contributed by atoms with E-state index in [9.17, 15) is 9.59 Å². The van der Waals surface area contributed by atoms with E-state index in [2.05, 4.69) is 10.2 Å². The number of thiophene rings is 1. The van der Waals surface area contributed by atoms with Gasteiger partial charge >= 0.3 is 0 Å². The Kier molecular flexibility index (Phi) is 5.08. The van der Waals surface area contributed by atoms with Gasteiger partial charge in [-0.3, -0.25) is 9.59 Å². The molecule has 0 radical (unpaired) electrons. The molecule has 0 aromatic carbocycles. The van der Waals surface area contributed by atoms with Gasteiger partial charge in [-0.1, -0.05) is 6.07 Å². The number of nitrogens with zero attached hydrogens (tertiary/aromatic N) is 2. The second-order valence-corrected chi connectivity index (χ2v) is 8.49. The molecular weight excluding hydrogens is 334 g/mol. The summed E-state index contributed by atoms with van der Waals surface area (Å²) in [6, 6.07) is 4.52. The molecule has 3 aliphatic rings. The summed E-state index contributed by atoms with van der Waals surface area (Å²) in [5, 5.41) is 5.16. The number of piperidine rings is 2. The van der Waals surface area contributed by atoms with E-state index >= 15 is 0 Å². The SMILES string of the molecule is O=C(NC1CCN(C2CC2)CC1)C1CCCCN1C(=O)c1cccs1. The summed E-state index contributed by atoms with van der Waals surface area (Å²) in [6.07, 6.45) is 7.55. The van der Waals surface area contributed by atoms with Gasteiger partial charge < -0.3 is 15.1 Å². The summed E-state index contributed by atoms with van der Waals surface area (Å²) in [5.41, 5.74) is 0. The van der Waals surface area contributed by atoms with E-state index in [0.29, 0.717) is 6.54 Å². The molecule has 0 spiro atoms. The molecule has 3 fully saturated rings. The van der Waals surface area contributed by atoms with E-state index in [1.807, 2.05) is 17.5 Å². The average Bonchev–Trinajstić information content (AvgIpc) is 3.35. The Labute approximate surface area is 153 Å². The summed E-state index contributed by atoms with van der Waals surface area (Å²) in [4.78, 5) is 30.7. The highest BCUT2D eigenvalue weighted by atomic mass is 32.1. The molecule has 1 atom stereocenters. The number of amides is 2. The molecule has 1 aromatic heterocycles. The molecule has 1 unspecified atom stereocenters. The van der Waals surface area contributed by atoms with E-state index < -0.39 is 0 Å². The van der Waals surface area contributed by atoms with Crippen molar-refractivity contribution in [2.45, 2.75) is 63.1 Å². The zero-order valence-electron chi connectivity index (χ0n) is 14.7. The van der Waals surface area contributed by atoms with Gasteiger partial charge in [0.25, 0.3) is 5.91 Å². The number of carbonyl (C=O) groups is 2. The lowest BCUT2D eigenvalue weighted by Gasteiger charge is -2.37. The van der Waals surface area contributed by atoms with Gasteiger partial charge in [-0.25, -0.2) is 0 Å². The van der Waals surface area contributed by atoms with Crippen LogP contribution >= 0.6 is 11.3 Å². The van der Waals surface area contributed by atoms with Gasteiger partial charge in [-0.05, 0) is 56.4 Å². The van der Waals surface area contributed by atoms with E-state index in [1.165, 1.54) is 24.2 Å². The van der Waals surface area contributed by atoms with Crippen LogP contribution in [0.2, 0.25) is 0 Å². The van der Waals surface area contributed by atoms with Crippen LogP contribution in [0, 0.1) is 0 Å². The Morgan fingerprint density at radius 3 is 2.52 bits per heavy atom. The number of rotatable bonds is 4. The van der Waals surface area contributed by atoms with Gasteiger partial charge in [0.2, 0.25) is 5.91 Å². The molecular formula is C19H27N3O2S. The number of hydrogen-bond donors (Lipinski definition) is 1. The highest BCUT2D eigenvalue weighted by molar-refractivity contribution is 7.12. The summed E-state index contributed by atoms with van der Waals surface area (Å²) >= 11 is 1.45. The van der Waals surface area contributed by atoms with Gasteiger partial charge in [0.1, 0.15) is 6.04 Å². The van der Waals surface area contributed by atoms with E-state index in [0.717, 1.165) is 56.1 Å². The van der Waals surface area contributed by atoms with Gasteiger partial charge in [0.15, 0.2) is 0 Å². The zero-order valence-corrected chi connectivity index (χ0v) is 15.5. The average molecular weight is 362 g/mol. The van der Waals surface area contributed by atoms with Crippen LogP contribution in [0.15, 0.2) is 17.5 Å². The number of nitrogens with one attached hydrogen (secondary N) is 1. The fraction of sp³-hybridized carbons (Fsp3) is 0.684. The van der Waals surface area contributed by atoms with Crippen molar-refractivity contribution in [3.05, 3.63) is 22.4 Å². The molecule has 0 bridgehead atoms. The summed E-state index contributed by atoms with van der Waals surface area (Å²) in [7, 11) is 0. The van der Waals surface area contributed by atoms with Crippen LogP contribution in [0.4, 0.5) is 0 Å². The standard InChI is InChI=1S/C19H27N3O2S/c23-18(20-14-8-11-21(12-9-14)15-6-7-15)16-4-1-2-10-22(16)19(24)17-5-3-13-25-17/h3,5,13-16H,1-2,4,6-12H2,(H,20,23). The highest BCUT2D eigenvalue weighted by Crippen LogP contribution is 2.29. The lowest BCUT2D eigenvalue weighted by Crippen LogP contribution is -2.55. The normalized spacial score (nSPS) is 25.8. The van der Waals surface area contributed by atoms with E-state index in [-0.39, 0.29) is 23.9 Å². The number of hydrogen-bond acceptors (Lipinski definition) is 4. The predicted molar refractivity (Wildman–Crippen MR) is 98.8 cm³/mol. The summed E-state index contributed by atoms with van der Waals surface area (Å²) in [6.45, 7) is 2.88. The Bertz CT molecular complexity index is 606. The minimum atomic E-state index is -0.301. The maximum Gasteiger partial charge on any atom is 0.264 e. The minimum absolute atomic E-state index is 0.0124. The second-order valence-electron chi connectivity index (χ2n) is 7.54. The van der Waals surface area contributed by atoms with Gasteiger partial charge in [0.05, 0.1) is 4.88 Å². The van der Waals surface area contributed by atoms with Crippen LogP contribution in [-0.2, 0) is 4.79 Å². The van der Waals surface area contributed by atoms with Gasteiger partial charge in [-0.15, -0.1) is 11.3 Å². The van der Waals surface area contributed by atoms with E-state index in [4.69, 9.17) is 0 Å². The largest absolute Gasteiger partial charge is 0.351 e. The van der Waals surface area contributed by atoms with Crippen LogP contribution in [0.25, 0.3) is 0 Å². The Balaban J connectivity index is 1.35. The second kappa shape index (κ2) is 7.46. The van der Waals surface area contributed by atoms with Crippen molar-refractivity contribution in [2.75, 3.05) is 19.6 Å². The lowest BCUT2D eigenvalue weighted by molar-refractivity contribution is -0.127. The molecule has 5 nitrogen and oxygen atoms in total. The highest BCUT2D eigenvalue weighted by Gasteiger charge is 2.36. The molecule has 1 aromatic rings. The monoisotopic (exact) mass is 361 g/mol. The minimum Gasteiger partial charge on any atom is -0.351 e. The molecule has 2 saturated heterocycles. The molecule has 1 N–H and O–H groups in total. The van der Waals surface area contributed by atoms with Crippen molar-refractivity contribution < 1.29 is 9.59 Å². The van der Waals surface area contributed by atoms with E-state index in [1.54, 1.807) is 4.90 Å². The van der Waals surface area contributed by atoms with Crippen molar-refractivity contribution in [2.24, 2.45) is 0 Å². The fourth-order valence-corrected chi connectivity index (χ4v) is 4.81. The topological polar surface area (TPSA) is 52.7 Å². The molecule has 1 saturated carbocycles. The first-order valence-corrected chi connectivity index (χ1v) is 10.5. The molecule has 3 heterocycles. The molecule has 2 aliphatic heterocycles. The molecule has 136 valence electrons. The maximum atomic E-state index is 12.9. The first-order valence-electron chi connectivity index (χ1n) is 9.61. The Hall–Kier alpha value is -1.40. The van der Waals surface area contributed by atoms with Crippen LogP contribution < -0.4 is 5.32 Å². The van der Waals surface area contributed by atoms with Crippen molar-refractivity contribution in [3.8, 4) is 0 Å². The third kappa shape index (κ3) is 3.90. The van der Waals surface area contributed by atoms with Crippen LogP contribution in [0.1, 0.15) is 54.6 Å². The molecule has 25 heavy (non-hydrogen) atoms. The third-order valence-electron chi connectivity index (χ3n) is 5.74. The quantitative estimate of drug-likeness (QED) is 0.896. The first kappa shape index (κ1) is 17.0. The van der Waals surface area contributed by atoms with Crippen LogP contribution in [-0.4, -0.2) is 59.4 Å². The van der Waals surface area contributed by atoms with Crippen LogP contribution in [0.3, 0.4) is 0 Å². The lowest BCUT2D eigenvalue weighted by atomic mass is 9.99. The van der Waals surface area contributed by atoms with Crippen molar-refractivity contribution in [1.29, 1.82) is 0 Å². The van der Waals surface area contributed by atoms with Crippen molar-refractivity contribution >= 4 is 23.2 Å². The van der Waals surface area contributed by atoms with Gasteiger partial charge in [0, 0.05) is 31.7 Å². The predicted octanol–water partition coefficient (Wildman–Crippen LogP) is 2.49. The molecule has 1 aliphatic carbocycles. The van der Waals surface area contributed by atoms with Gasteiger partial charge in [-0.2, -0.15) is 0 Å². The Morgan fingerprint density at radius 1 is 1.04 bits per heavy atom. The molecule has 4 rings (SSSR count). The summed E-state index contributed by atoms with van der Waals surface area (Å²) < 4.78 is 0. The fourth-order valence-electron chi connectivity index (χ4n) is 4.14. The maximum absolute atomic E-state index is 12.9. The molecule has 2 amide bonds. The Morgan fingerprint density at radius 2 is 1.84 bits per heavy atom.